The molecule has 136 valence electrons. The van der Waals surface area contributed by atoms with Crippen LogP contribution >= 0.6 is 0 Å². The fourth-order valence-corrected chi connectivity index (χ4v) is 2.21. The molecule has 10 heteroatoms. The molecular weight excluding hydrogens is 343 g/mol. The second kappa shape index (κ2) is 7.01. The molecule has 7 nitrogen and oxygen atoms in total. The van der Waals surface area contributed by atoms with Gasteiger partial charge in [-0.05, 0) is 18.2 Å². The molecule has 1 heterocycles. The number of hydroxylamine groups is 2. The Balaban J connectivity index is 2.56. The zero-order valence-electron chi connectivity index (χ0n) is 13.7. The second-order valence-corrected chi connectivity index (χ2v) is 5.06. The van der Waals surface area contributed by atoms with Gasteiger partial charge in [0.1, 0.15) is 5.76 Å². The summed E-state index contributed by atoms with van der Waals surface area (Å²) < 4.78 is 44.0. The fourth-order valence-electron chi connectivity index (χ4n) is 2.21. The standard InChI is InChI=1S/C15H16F3N3O4/c1-20(25-3)14(23)13-11(24-2)8-12(22)19-21(13)10-6-4-5-9(7-10)15(16,17)18/h4-7H,8H2,1-3H3,(H,19,22). The maximum absolute atomic E-state index is 13.0. The third-order valence-electron chi connectivity index (χ3n) is 3.49. The molecular formula is C15H16F3N3O4. The molecule has 1 N–H and O–H groups in total. The number of anilines is 1. The summed E-state index contributed by atoms with van der Waals surface area (Å²) in [7, 11) is 3.84. The van der Waals surface area contributed by atoms with E-state index in [0.717, 1.165) is 22.2 Å². The molecule has 0 spiro atoms. The highest BCUT2D eigenvalue weighted by molar-refractivity contribution is 6.00. The van der Waals surface area contributed by atoms with Crippen LogP contribution in [0.15, 0.2) is 35.7 Å². The minimum atomic E-state index is -4.57. The number of likely N-dealkylation sites (N-methyl/N-ethyl adjacent to an activating group) is 1. The van der Waals surface area contributed by atoms with E-state index >= 15 is 0 Å². The molecule has 0 radical (unpaired) electrons. The van der Waals surface area contributed by atoms with Gasteiger partial charge in [-0.3, -0.25) is 19.9 Å². The molecule has 0 saturated carbocycles. The van der Waals surface area contributed by atoms with E-state index in [4.69, 9.17) is 9.57 Å². The number of hydrazine groups is 1. The SMILES string of the molecule is COC1=C(C(=O)N(C)OC)N(c2cccc(C(F)(F)F)c2)NC(=O)C1. The van der Waals surface area contributed by atoms with Gasteiger partial charge < -0.3 is 4.74 Å². The molecule has 0 fully saturated rings. The summed E-state index contributed by atoms with van der Waals surface area (Å²) >= 11 is 0. The van der Waals surface area contributed by atoms with Crippen molar-refractivity contribution in [3.8, 4) is 0 Å². The maximum Gasteiger partial charge on any atom is 0.416 e. The number of hydrogen-bond donors (Lipinski definition) is 1. The van der Waals surface area contributed by atoms with Crippen LogP contribution in [0.1, 0.15) is 12.0 Å². The van der Waals surface area contributed by atoms with Crippen LogP contribution in [0.5, 0.6) is 0 Å². The van der Waals surface area contributed by atoms with Crippen LogP contribution in [0, 0.1) is 0 Å². The average molecular weight is 359 g/mol. The molecule has 1 aliphatic rings. The first kappa shape index (κ1) is 18.6. The van der Waals surface area contributed by atoms with Crippen molar-refractivity contribution in [3.05, 3.63) is 41.3 Å². The highest BCUT2D eigenvalue weighted by Gasteiger charge is 2.36. The fraction of sp³-hybridized carbons (Fsp3) is 0.333. The molecule has 25 heavy (non-hydrogen) atoms. The highest BCUT2D eigenvalue weighted by Crippen LogP contribution is 2.33. The lowest BCUT2D eigenvalue weighted by atomic mass is 10.1. The van der Waals surface area contributed by atoms with Gasteiger partial charge in [-0.1, -0.05) is 6.07 Å². The van der Waals surface area contributed by atoms with Crippen LogP contribution < -0.4 is 10.4 Å². The molecule has 1 aromatic carbocycles. The van der Waals surface area contributed by atoms with E-state index in [1.807, 2.05) is 0 Å². The number of benzene rings is 1. The number of rotatable bonds is 4. The molecule has 0 unspecified atom stereocenters. The van der Waals surface area contributed by atoms with E-state index in [-0.39, 0.29) is 23.6 Å². The van der Waals surface area contributed by atoms with Crippen LogP contribution in [-0.4, -0.2) is 38.1 Å². The van der Waals surface area contributed by atoms with Crippen molar-refractivity contribution < 1.29 is 32.3 Å². The molecule has 1 aliphatic heterocycles. The number of amides is 2. The Morgan fingerprint density at radius 1 is 1.32 bits per heavy atom. The normalized spacial score (nSPS) is 15.1. The van der Waals surface area contributed by atoms with E-state index < -0.39 is 23.6 Å². The predicted octanol–water partition coefficient (Wildman–Crippen LogP) is 1.82. The molecule has 0 saturated heterocycles. The van der Waals surface area contributed by atoms with Crippen molar-refractivity contribution in [3.63, 3.8) is 0 Å². The Hall–Kier alpha value is -2.75. The Morgan fingerprint density at radius 2 is 2.00 bits per heavy atom. The number of methoxy groups -OCH3 is 1. The van der Waals surface area contributed by atoms with Gasteiger partial charge in [-0.15, -0.1) is 0 Å². The van der Waals surface area contributed by atoms with Gasteiger partial charge in [0.05, 0.1) is 31.9 Å². The first-order valence-corrected chi connectivity index (χ1v) is 7.05. The number of nitrogens with zero attached hydrogens (tertiary/aromatic N) is 2. The first-order valence-electron chi connectivity index (χ1n) is 7.05. The van der Waals surface area contributed by atoms with Gasteiger partial charge in [0.2, 0.25) is 5.91 Å². The zero-order chi connectivity index (χ0) is 18.8. The van der Waals surface area contributed by atoms with Crippen molar-refractivity contribution in [2.24, 2.45) is 0 Å². The van der Waals surface area contributed by atoms with Gasteiger partial charge in [0.25, 0.3) is 5.91 Å². The minimum absolute atomic E-state index is 0.00932. The number of alkyl halides is 3. The van der Waals surface area contributed by atoms with E-state index in [9.17, 15) is 22.8 Å². The first-order chi connectivity index (χ1) is 11.7. The van der Waals surface area contributed by atoms with Crippen LogP contribution in [0.3, 0.4) is 0 Å². The third-order valence-corrected chi connectivity index (χ3v) is 3.49. The summed E-state index contributed by atoms with van der Waals surface area (Å²) in [6.45, 7) is 0. The summed E-state index contributed by atoms with van der Waals surface area (Å²) in [4.78, 5) is 29.2. The Labute approximate surface area is 141 Å². The molecule has 2 amide bonds. The van der Waals surface area contributed by atoms with Crippen molar-refractivity contribution in [2.75, 3.05) is 26.3 Å². The number of carbonyl (C=O) groups excluding carboxylic acids is 2. The summed E-state index contributed by atoms with van der Waals surface area (Å²) in [6, 6.07) is 4.21. The van der Waals surface area contributed by atoms with E-state index in [1.165, 1.54) is 33.4 Å². The Morgan fingerprint density at radius 3 is 2.56 bits per heavy atom. The lowest BCUT2D eigenvalue weighted by molar-refractivity contribution is -0.164. The van der Waals surface area contributed by atoms with Gasteiger partial charge in [0.15, 0.2) is 5.70 Å². The van der Waals surface area contributed by atoms with Gasteiger partial charge in [0, 0.05) is 7.05 Å². The summed E-state index contributed by atoms with van der Waals surface area (Å²) in [5.74, 6) is -1.22. The summed E-state index contributed by atoms with van der Waals surface area (Å²) in [5, 5.41) is 1.82. The topological polar surface area (TPSA) is 71.1 Å². The molecule has 0 aliphatic carbocycles. The Kier molecular flexibility index (Phi) is 5.21. The van der Waals surface area contributed by atoms with E-state index in [0.29, 0.717) is 0 Å². The number of carbonyl (C=O) groups is 2. The third kappa shape index (κ3) is 3.85. The van der Waals surface area contributed by atoms with Gasteiger partial charge in [-0.25, -0.2) is 10.1 Å². The largest absolute Gasteiger partial charge is 0.498 e. The molecule has 0 bridgehead atoms. The van der Waals surface area contributed by atoms with Crippen LogP contribution in [0.25, 0.3) is 0 Å². The van der Waals surface area contributed by atoms with Gasteiger partial charge >= 0.3 is 6.18 Å². The van der Waals surface area contributed by atoms with Crippen molar-refractivity contribution in [1.29, 1.82) is 0 Å². The van der Waals surface area contributed by atoms with E-state index in [1.54, 1.807) is 0 Å². The number of nitrogens with one attached hydrogen (secondary N) is 1. The van der Waals surface area contributed by atoms with Crippen molar-refractivity contribution in [1.82, 2.24) is 10.5 Å². The van der Waals surface area contributed by atoms with Crippen LogP contribution in [0.4, 0.5) is 18.9 Å². The maximum atomic E-state index is 13.0. The second-order valence-electron chi connectivity index (χ2n) is 5.06. The molecule has 2 rings (SSSR count). The summed E-state index contributed by atoms with van der Waals surface area (Å²) in [5.41, 5.74) is 1.25. The number of hydrogen-bond acceptors (Lipinski definition) is 5. The molecule has 0 atom stereocenters. The van der Waals surface area contributed by atoms with Crippen molar-refractivity contribution >= 4 is 17.5 Å². The van der Waals surface area contributed by atoms with Crippen LogP contribution in [0.2, 0.25) is 0 Å². The lowest BCUT2D eigenvalue weighted by Gasteiger charge is -2.33. The van der Waals surface area contributed by atoms with Gasteiger partial charge in [-0.2, -0.15) is 13.2 Å². The smallest absolute Gasteiger partial charge is 0.416 e. The number of halogens is 3. The average Bonchev–Trinajstić information content (AvgIpc) is 2.58. The molecule has 0 aromatic heterocycles. The highest BCUT2D eigenvalue weighted by atomic mass is 19.4. The summed E-state index contributed by atoms with van der Waals surface area (Å²) in [6.07, 6.45) is -4.80. The predicted molar refractivity (Wildman–Crippen MR) is 80.5 cm³/mol. The zero-order valence-corrected chi connectivity index (χ0v) is 13.7. The molecule has 1 aromatic rings. The number of ether oxygens (including phenoxy) is 1. The lowest BCUT2D eigenvalue weighted by Crippen LogP contribution is -2.50. The van der Waals surface area contributed by atoms with E-state index in [2.05, 4.69) is 5.43 Å². The van der Waals surface area contributed by atoms with Crippen LogP contribution in [-0.2, 0) is 25.3 Å². The minimum Gasteiger partial charge on any atom is -0.498 e. The van der Waals surface area contributed by atoms with Crippen molar-refractivity contribution in [2.45, 2.75) is 12.6 Å². The Bertz CT molecular complexity index is 718. The monoisotopic (exact) mass is 359 g/mol. The quantitative estimate of drug-likeness (QED) is 0.831.